The molecular weight excluding hydrogens is 232 g/mol. The molecule has 4 heteroatoms. The summed E-state index contributed by atoms with van der Waals surface area (Å²) in [5.74, 6) is 1.05. The first-order chi connectivity index (χ1) is 8.29. The molecule has 0 aromatic carbocycles. The van der Waals surface area contributed by atoms with E-state index in [-0.39, 0.29) is 11.8 Å². The first kappa shape index (κ1) is 12.6. The van der Waals surface area contributed by atoms with E-state index in [1.54, 1.807) is 11.3 Å². The van der Waals surface area contributed by atoms with E-state index in [4.69, 9.17) is 5.73 Å². The van der Waals surface area contributed by atoms with Crippen molar-refractivity contribution in [2.75, 3.05) is 6.54 Å². The average Bonchev–Trinajstić information content (AvgIpc) is 2.89. The molecule has 0 saturated heterocycles. The van der Waals surface area contributed by atoms with Crippen LogP contribution in [0.15, 0.2) is 16.8 Å². The van der Waals surface area contributed by atoms with E-state index in [1.165, 1.54) is 5.56 Å². The summed E-state index contributed by atoms with van der Waals surface area (Å²) in [4.78, 5) is 11.9. The Morgan fingerprint density at radius 2 is 2.18 bits per heavy atom. The van der Waals surface area contributed by atoms with Gasteiger partial charge in [0.1, 0.15) is 0 Å². The van der Waals surface area contributed by atoms with E-state index >= 15 is 0 Å². The standard InChI is InChI=1S/C13H20N2OS/c14-7-10-1-3-12(4-2-10)13(16)15-8-11-5-6-17-9-11/h5-6,9-10,12H,1-4,7-8,14H2,(H,15,16). The lowest BCUT2D eigenvalue weighted by molar-refractivity contribution is -0.126. The van der Waals surface area contributed by atoms with Gasteiger partial charge < -0.3 is 11.1 Å². The molecule has 3 N–H and O–H groups in total. The van der Waals surface area contributed by atoms with Gasteiger partial charge in [0, 0.05) is 12.5 Å². The smallest absolute Gasteiger partial charge is 0.223 e. The number of nitrogens with one attached hydrogen (secondary N) is 1. The largest absolute Gasteiger partial charge is 0.352 e. The minimum absolute atomic E-state index is 0.205. The van der Waals surface area contributed by atoms with Crippen LogP contribution in [0.1, 0.15) is 31.2 Å². The third kappa shape index (κ3) is 3.54. The Labute approximate surface area is 106 Å². The molecular formula is C13H20N2OS. The number of hydrogen-bond donors (Lipinski definition) is 2. The summed E-state index contributed by atoms with van der Waals surface area (Å²) >= 11 is 1.66. The Bertz CT molecular complexity index is 342. The third-order valence-corrected chi connectivity index (χ3v) is 4.33. The molecule has 3 nitrogen and oxygen atoms in total. The number of carbonyl (C=O) groups excluding carboxylic acids is 1. The second-order valence-corrected chi connectivity index (χ2v) is 5.58. The molecule has 1 fully saturated rings. The SMILES string of the molecule is NCC1CCC(C(=O)NCc2ccsc2)CC1. The molecule has 0 atom stereocenters. The molecule has 1 aromatic heterocycles. The van der Waals surface area contributed by atoms with E-state index in [9.17, 15) is 4.79 Å². The van der Waals surface area contributed by atoms with Crippen LogP contribution in [0.5, 0.6) is 0 Å². The Balaban J connectivity index is 1.73. The van der Waals surface area contributed by atoms with Crippen LogP contribution >= 0.6 is 11.3 Å². The molecule has 2 rings (SSSR count). The number of amides is 1. The van der Waals surface area contributed by atoms with Gasteiger partial charge in [0.15, 0.2) is 0 Å². The van der Waals surface area contributed by atoms with Crippen molar-refractivity contribution in [2.45, 2.75) is 32.2 Å². The van der Waals surface area contributed by atoms with Gasteiger partial charge in [-0.25, -0.2) is 0 Å². The maximum absolute atomic E-state index is 11.9. The van der Waals surface area contributed by atoms with Gasteiger partial charge in [-0.1, -0.05) is 0 Å². The van der Waals surface area contributed by atoms with Crippen molar-refractivity contribution in [3.8, 4) is 0 Å². The number of hydrogen-bond acceptors (Lipinski definition) is 3. The van der Waals surface area contributed by atoms with Gasteiger partial charge in [-0.15, -0.1) is 0 Å². The van der Waals surface area contributed by atoms with E-state index < -0.39 is 0 Å². The Morgan fingerprint density at radius 3 is 2.76 bits per heavy atom. The zero-order chi connectivity index (χ0) is 12.1. The predicted molar refractivity (Wildman–Crippen MR) is 70.7 cm³/mol. The fourth-order valence-corrected chi connectivity index (χ4v) is 3.06. The fraction of sp³-hybridized carbons (Fsp3) is 0.615. The third-order valence-electron chi connectivity index (χ3n) is 3.60. The highest BCUT2D eigenvalue weighted by molar-refractivity contribution is 7.07. The number of thiophene rings is 1. The first-order valence-electron chi connectivity index (χ1n) is 6.28. The van der Waals surface area contributed by atoms with Gasteiger partial charge in [0.05, 0.1) is 0 Å². The maximum atomic E-state index is 11.9. The van der Waals surface area contributed by atoms with Gasteiger partial charge in [-0.05, 0) is 60.5 Å². The van der Waals surface area contributed by atoms with E-state index in [0.29, 0.717) is 12.5 Å². The van der Waals surface area contributed by atoms with Gasteiger partial charge in [-0.3, -0.25) is 4.79 Å². The highest BCUT2D eigenvalue weighted by Crippen LogP contribution is 2.28. The van der Waals surface area contributed by atoms with Gasteiger partial charge in [0.2, 0.25) is 5.91 Å². The van der Waals surface area contributed by atoms with Crippen molar-refractivity contribution in [2.24, 2.45) is 17.6 Å². The highest BCUT2D eigenvalue weighted by atomic mass is 32.1. The number of carbonyl (C=O) groups is 1. The Kier molecular flexibility index (Phi) is 4.57. The predicted octanol–water partition coefficient (Wildman–Crippen LogP) is 2.13. The van der Waals surface area contributed by atoms with E-state index in [0.717, 1.165) is 32.2 Å². The van der Waals surface area contributed by atoms with Crippen LogP contribution in [0.4, 0.5) is 0 Å². The van der Waals surface area contributed by atoms with Crippen LogP contribution in [0.25, 0.3) is 0 Å². The monoisotopic (exact) mass is 252 g/mol. The molecule has 0 unspecified atom stereocenters. The summed E-state index contributed by atoms with van der Waals surface area (Å²) in [5.41, 5.74) is 6.84. The van der Waals surface area contributed by atoms with Crippen LogP contribution in [-0.4, -0.2) is 12.5 Å². The van der Waals surface area contributed by atoms with Crippen molar-refractivity contribution < 1.29 is 4.79 Å². The summed E-state index contributed by atoms with van der Waals surface area (Å²) in [5, 5.41) is 7.13. The molecule has 94 valence electrons. The lowest BCUT2D eigenvalue weighted by atomic mass is 9.81. The second kappa shape index (κ2) is 6.17. The topological polar surface area (TPSA) is 55.1 Å². The minimum Gasteiger partial charge on any atom is -0.352 e. The van der Waals surface area contributed by atoms with Crippen molar-refractivity contribution in [3.63, 3.8) is 0 Å². The summed E-state index contributed by atoms with van der Waals surface area (Å²) < 4.78 is 0. The minimum atomic E-state index is 0.205. The zero-order valence-corrected chi connectivity index (χ0v) is 10.8. The van der Waals surface area contributed by atoms with Gasteiger partial charge in [0.25, 0.3) is 0 Å². The molecule has 17 heavy (non-hydrogen) atoms. The molecule has 0 aliphatic heterocycles. The maximum Gasteiger partial charge on any atom is 0.223 e. The summed E-state index contributed by atoms with van der Waals surface area (Å²) in [6.45, 7) is 1.43. The molecule has 0 spiro atoms. The molecule has 0 bridgehead atoms. The lowest BCUT2D eigenvalue weighted by Gasteiger charge is -2.26. The average molecular weight is 252 g/mol. The van der Waals surface area contributed by atoms with Crippen LogP contribution in [-0.2, 0) is 11.3 Å². The van der Waals surface area contributed by atoms with Crippen molar-refractivity contribution >= 4 is 17.2 Å². The zero-order valence-electron chi connectivity index (χ0n) is 10.0. The van der Waals surface area contributed by atoms with Crippen molar-refractivity contribution in [1.29, 1.82) is 0 Å². The summed E-state index contributed by atoms with van der Waals surface area (Å²) in [7, 11) is 0. The van der Waals surface area contributed by atoms with Crippen molar-refractivity contribution in [1.82, 2.24) is 5.32 Å². The van der Waals surface area contributed by atoms with E-state index in [1.807, 2.05) is 5.38 Å². The Hall–Kier alpha value is -0.870. The van der Waals surface area contributed by atoms with Crippen LogP contribution < -0.4 is 11.1 Å². The number of rotatable bonds is 4. The lowest BCUT2D eigenvalue weighted by Crippen LogP contribution is -2.33. The molecule has 1 heterocycles. The molecule has 1 amide bonds. The van der Waals surface area contributed by atoms with Gasteiger partial charge in [-0.2, -0.15) is 11.3 Å². The molecule has 1 aliphatic rings. The van der Waals surface area contributed by atoms with E-state index in [2.05, 4.69) is 16.8 Å². The highest BCUT2D eigenvalue weighted by Gasteiger charge is 2.25. The summed E-state index contributed by atoms with van der Waals surface area (Å²) in [6, 6.07) is 2.05. The quantitative estimate of drug-likeness (QED) is 0.862. The second-order valence-electron chi connectivity index (χ2n) is 4.80. The van der Waals surface area contributed by atoms with Crippen LogP contribution in [0, 0.1) is 11.8 Å². The normalized spacial score (nSPS) is 24.5. The first-order valence-corrected chi connectivity index (χ1v) is 7.22. The fourth-order valence-electron chi connectivity index (χ4n) is 2.39. The summed E-state index contributed by atoms with van der Waals surface area (Å²) in [6.07, 6.45) is 4.20. The molecule has 1 aliphatic carbocycles. The molecule has 0 radical (unpaired) electrons. The Morgan fingerprint density at radius 1 is 1.41 bits per heavy atom. The molecule has 1 saturated carbocycles. The van der Waals surface area contributed by atoms with Crippen molar-refractivity contribution in [3.05, 3.63) is 22.4 Å². The van der Waals surface area contributed by atoms with Crippen LogP contribution in [0.2, 0.25) is 0 Å². The molecule has 1 aromatic rings. The van der Waals surface area contributed by atoms with Crippen LogP contribution in [0.3, 0.4) is 0 Å². The van der Waals surface area contributed by atoms with Gasteiger partial charge >= 0.3 is 0 Å². The number of nitrogens with two attached hydrogens (primary N) is 1.